The molecule has 9 atom stereocenters. The number of rotatable bonds is 3. The maximum Gasteiger partial charge on any atom is 0.303 e. The highest BCUT2D eigenvalue weighted by molar-refractivity contribution is 6.15. The van der Waals surface area contributed by atoms with E-state index in [0.29, 0.717) is 18.4 Å². The molecule has 1 spiro atoms. The summed E-state index contributed by atoms with van der Waals surface area (Å²) in [6, 6.07) is 9.66. The molecule has 0 radical (unpaired) electrons. The van der Waals surface area contributed by atoms with Crippen molar-refractivity contribution in [3.8, 4) is 0 Å². The average Bonchev–Trinajstić information content (AvgIpc) is 3.50. The molecule has 0 bridgehead atoms. The third-order valence-electron chi connectivity index (χ3n) is 9.29. The number of ketones is 2. The molecule has 39 heavy (non-hydrogen) atoms. The largest absolute Gasteiger partial charge is 0.450 e. The number of epoxide rings is 1. The first-order chi connectivity index (χ1) is 18.5. The van der Waals surface area contributed by atoms with Crippen molar-refractivity contribution < 1.29 is 28.7 Å². The van der Waals surface area contributed by atoms with Crippen LogP contribution in [-0.4, -0.2) is 47.3 Å². The molecule has 2 aliphatic carbocycles. The number of carbonyl (C=O) groups is 4. The van der Waals surface area contributed by atoms with Gasteiger partial charge in [0.2, 0.25) is 11.7 Å². The second-order valence-corrected chi connectivity index (χ2v) is 11.8. The minimum absolute atomic E-state index is 0.0385. The lowest BCUT2D eigenvalue weighted by atomic mass is 9.51. The molecule has 4 aliphatic rings. The van der Waals surface area contributed by atoms with Gasteiger partial charge in [-0.2, -0.15) is 0 Å². The van der Waals surface area contributed by atoms with Crippen LogP contribution in [0.4, 0.5) is 0 Å². The Hall–Kier alpha value is -3.32. The summed E-state index contributed by atoms with van der Waals surface area (Å²) in [5.74, 6) is -2.68. The van der Waals surface area contributed by atoms with Gasteiger partial charge in [-0.25, -0.2) is 0 Å². The number of benzene rings is 1. The lowest BCUT2D eigenvalue weighted by Gasteiger charge is -2.45. The molecule has 7 nitrogen and oxygen atoms in total. The predicted molar refractivity (Wildman–Crippen MR) is 145 cm³/mol. The van der Waals surface area contributed by atoms with Crippen LogP contribution in [0.2, 0.25) is 0 Å². The fraction of sp³-hybridized carbons (Fsp3) is 0.500. The molecule has 1 N–H and O–H groups in total. The van der Waals surface area contributed by atoms with E-state index in [-0.39, 0.29) is 35.8 Å². The molecule has 1 aromatic carbocycles. The first-order valence-electron chi connectivity index (χ1n) is 13.8. The normalized spacial score (nSPS) is 42.6. The third-order valence-corrected chi connectivity index (χ3v) is 9.29. The van der Waals surface area contributed by atoms with Crippen LogP contribution in [0.25, 0.3) is 0 Å². The van der Waals surface area contributed by atoms with Gasteiger partial charge in [0.15, 0.2) is 11.9 Å². The highest BCUT2D eigenvalue weighted by Gasteiger charge is 2.78. The van der Waals surface area contributed by atoms with Crippen molar-refractivity contribution in [3.05, 3.63) is 71.8 Å². The summed E-state index contributed by atoms with van der Waals surface area (Å²) in [6.45, 7) is 9.16. The highest BCUT2D eigenvalue weighted by atomic mass is 16.6. The number of carbonyl (C=O) groups excluding carboxylic acids is 4. The van der Waals surface area contributed by atoms with Crippen LogP contribution < -0.4 is 5.32 Å². The molecule has 2 heterocycles. The number of fused-ring (bicyclic) bond motifs is 2. The molecule has 206 valence electrons. The zero-order chi connectivity index (χ0) is 28.1. The molecule has 1 saturated carbocycles. The molecule has 2 aliphatic heterocycles. The highest BCUT2D eigenvalue weighted by Crippen LogP contribution is 2.66. The number of ether oxygens (including phenoxy) is 2. The van der Waals surface area contributed by atoms with Gasteiger partial charge in [-0.1, -0.05) is 62.4 Å². The van der Waals surface area contributed by atoms with Gasteiger partial charge in [0, 0.05) is 24.8 Å². The van der Waals surface area contributed by atoms with Crippen molar-refractivity contribution in [2.45, 2.75) is 71.3 Å². The number of esters is 1. The van der Waals surface area contributed by atoms with Crippen molar-refractivity contribution in [2.24, 2.45) is 29.1 Å². The number of nitrogens with one attached hydrogen (secondary N) is 1. The zero-order valence-electron chi connectivity index (χ0n) is 23.2. The SMILES string of the molecule is CC(=O)O[C@H]1C(=O)/C=C\C(=O)[C@@]23C(=O)N[C@@H](Cc4ccccc4)[C@@H]2[C@H](C)[C@@]2(C)O[C@H]2[C@@H]3/C=C\C[C@H](C)/C=C\1C. The quantitative estimate of drug-likeness (QED) is 0.275. The van der Waals surface area contributed by atoms with Crippen molar-refractivity contribution in [2.75, 3.05) is 0 Å². The van der Waals surface area contributed by atoms with Gasteiger partial charge in [-0.15, -0.1) is 0 Å². The first-order valence-corrected chi connectivity index (χ1v) is 13.8. The van der Waals surface area contributed by atoms with Gasteiger partial charge in [0.05, 0.1) is 11.7 Å². The Morgan fingerprint density at radius 3 is 2.54 bits per heavy atom. The minimum atomic E-state index is -1.41. The van der Waals surface area contributed by atoms with Crippen LogP contribution in [0, 0.1) is 29.1 Å². The van der Waals surface area contributed by atoms with Crippen LogP contribution in [-0.2, 0) is 35.1 Å². The summed E-state index contributed by atoms with van der Waals surface area (Å²) in [6.07, 6.45) is 8.15. The van der Waals surface area contributed by atoms with Gasteiger partial charge in [-0.3, -0.25) is 19.2 Å². The van der Waals surface area contributed by atoms with E-state index in [0.717, 1.165) is 5.56 Å². The monoisotopic (exact) mass is 531 g/mol. The van der Waals surface area contributed by atoms with E-state index in [1.54, 1.807) is 6.92 Å². The van der Waals surface area contributed by atoms with E-state index >= 15 is 0 Å². The first kappa shape index (κ1) is 27.3. The number of allylic oxidation sites excluding steroid dienone is 3. The van der Waals surface area contributed by atoms with Crippen LogP contribution in [0.3, 0.4) is 0 Å². The Morgan fingerprint density at radius 1 is 1.13 bits per heavy atom. The maximum absolute atomic E-state index is 14.3. The Morgan fingerprint density at radius 2 is 1.85 bits per heavy atom. The number of amides is 1. The van der Waals surface area contributed by atoms with Crippen LogP contribution in [0.5, 0.6) is 0 Å². The van der Waals surface area contributed by atoms with Crippen LogP contribution in [0.1, 0.15) is 46.6 Å². The van der Waals surface area contributed by atoms with Crippen molar-refractivity contribution in [3.63, 3.8) is 0 Å². The minimum Gasteiger partial charge on any atom is -0.450 e. The molecule has 7 heteroatoms. The molecule has 0 aromatic heterocycles. The lowest BCUT2D eigenvalue weighted by Crippen LogP contribution is -2.58. The fourth-order valence-electron chi connectivity index (χ4n) is 7.30. The molecule has 0 unspecified atom stereocenters. The number of hydrogen-bond donors (Lipinski definition) is 1. The van der Waals surface area contributed by atoms with Gasteiger partial charge < -0.3 is 14.8 Å². The summed E-state index contributed by atoms with van der Waals surface area (Å²) in [5, 5.41) is 3.19. The molecular weight excluding hydrogens is 494 g/mol. The van der Waals surface area contributed by atoms with E-state index in [9.17, 15) is 19.2 Å². The third kappa shape index (κ3) is 4.50. The molecular formula is C32H37NO6. The van der Waals surface area contributed by atoms with Gasteiger partial charge >= 0.3 is 5.97 Å². The Balaban J connectivity index is 1.61. The zero-order valence-corrected chi connectivity index (χ0v) is 23.2. The summed E-state index contributed by atoms with van der Waals surface area (Å²) >= 11 is 0. The van der Waals surface area contributed by atoms with E-state index < -0.39 is 40.6 Å². The Labute approximate surface area is 229 Å². The van der Waals surface area contributed by atoms with E-state index in [1.165, 1.54) is 19.1 Å². The van der Waals surface area contributed by atoms with Crippen molar-refractivity contribution >= 4 is 23.4 Å². The topological polar surface area (TPSA) is 102 Å². The van der Waals surface area contributed by atoms with E-state index in [1.807, 2.05) is 55.5 Å². The smallest absolute Gasteiger partial charge is 0.303 e. The van der Waals surface area contributed by atoms with E-state index in [2.05, 4.69) is 19.2 Å². The van der Waals surface area contributed by atoms with Gasteiger partial charge in [0.25, 0.3) is 0 Å². The standard InChI is InChI=1S/C32H37NO6/c1-18-10-9-13-23-29-31(5,39-29)20(3)27-24(17-22-11-7-6-8-12-22)33-30(37)32(23,27)26(36)15-14-25(35)28(19(2)16-18)38-21(4)34/h6-9,11-16,18,20,23-24,27-29H,10,17H2,1-5H3,(H,33,37)/b13-9-,15-14-,19-16-/t18-,20-,23-,24-,27-,28+,29-,31+,32+/m0/s1. The van der Waals surface area contributed by atoms with Crippen LogP contribution in [0.15, 0.2) is 66.3 Å². The number of hydrogen-bond acceptors (Lipinski definition) is 6. The van der Waals surface area contributed by atoms with Gasteiger partial charge in [-0.05, 0) is 61.8 Å². The summed E-state index contributed by atoms with van der Waals surface area (Å²) in [5.41, 5.74) is -0.177. The molecule has 1 aromatic rings. The maximum atomic E-state index is 14.3. The van der Waals surface area contributed by atoms with Crippen molar-refractivity contribution in [1.29, 1.82) is 0 Å². The fourth-order valence-corrected chi connectivity index (χ4v) is 7.30. The van der Waals surface area contributed by atoms with Crippen molar-refractivity contribution in [1.82, 2.24) is 5.32 Å². The molecule has 3 fully saturated rings. The molecule has 5 rings (SSSR count). The lowest BCUT2D eigenvalue weighted by molar-refractivity contribution is -0.149. The summed E-state index contributed by atoms with van der Waals surface area (Å²) < 4.78 is 11.7. The second kappa shape index (κ2) is 10.0. The molecule has 2 saturated heterocycles. The Kier molecular flexibility index (Phi) is 7.00. The Bertz CT molecular complexity index is 1280. The second-order valence-electron chi connectivity index (χ2n) is 11.8. The molecule has 1 amide bonds. The predicted octanol–water partition coefficient (Wildman–Crippen LogP) is 3.92. The summed E-state index contributed by atoms with van der Waals surface area (Å²) in [7, 11) is 0. The van der Waals surface area contributed by atoms with Gasteiger partial charge in [0.1, 0.15) is 5.41 Å². The summed E-state index contributed by atoms with van der Waals surface area (Å²) in [4.78, 5) is 53.4. The average molecular weight is 532 g/mol. The van der Waals surface area contributed by atoms with E-state index in [4.69, 9.17) is 9.47 Å². The van der Waals surface area contributed by atoms with Crippen LogP contribution >= 0.6 is 0 Å².